The summed E-state index contributed by atoms with van der Waals surface area (Å²) in [7, 11) is 0. The van der Waals surface area contributed by atoms with Gasteiger partial charge in [-0.05, 0) is 38.0 Å². The lowest BCUT2D eigenvalue weighted by Crippen LogP contribution is -2.32. The minimum atomic E-state index is -0.310. The van der Waals surface area contributed by atoms with Gasteiger partial charge in [0.2, 0.25) is 5.91 Å². The molecule has 3 rings (SSSR count). The molecule has 26 heavy (non-hydrogen) atoms. The van der Waals surface area contributed by atoms with Crippen molar-refractivity contribution in [3.8, 4) is 0 Å². The SMILES string of the molecule is Cc1nc(/C=C/C(=O)Nc2ccccc2C(=O)NCC2CCCO2)cs1. The van der Waals surface area contributed by atoms with Gasteiger partial charge in [0.15, 0.2) is 0 Å². The number of thiazole rings is 1. The Balaban J connectivity index is 1.61. The van der Waals surface area contributed by atoms with Crippen molar-refractivity contribution in [2.75, 3.05) is 18.5 Å². The van der Waals surface area contributed by atoms with Crippen LogP contribution in [0.2, 0.25) is 0 Å². The number of para-hydroxylation sites is 1. The summed E-state index contributed by atoms with van der Waals surface area (Å²) in [6.45, 7) is 3.13. The average Bonchev–Trinajstić information content (AvgIpc) is 3.30. The number of nitrogens with zero attached hydrogens (tertiary/aromatic N) is 1. The second-order valence-electron chi connectivity index (χ2n) is 6.00. The molecule has 1 fully saturated rings. The van der Waals surface area contributed by atoms with Crippen molar-refractivity contribution in [1.82, 2.24) is 10.3 Å². The highest BCUT2D eigenvalue weighted by Gasteiger charge is 2.18. The molecule has 2 heterocycles. The third kappa shape index (κ3) is 5.00. The zero-order chi connectivity index (χ0) is 18.4. The second kappa shape index (κ2) is 8.73. The highest BCUT2D eigenvalue weighted by molar-refractivity contribution is 7.09. The Hall–Kier alpha value is -2.51. The Morgan fingerprint density at radius 3 is 2.96 bits per heavy atom. The smallest absolute Gasteiger partial charge is 0.253 e. The summed E-state index contributed by atoms with van der Waals surface area (Å²) in [5.74, 6) is -0.537. The maximum Gasteiger partial charge on any atom is 0.253 e. The van der Waals surface area contributed by atoms with E-state index in [2.05, 4.69) is 15.6 Å². The molecule has 1 saturated heterocycles. The largest absolute Gasteiger partial charge is 0.376 e. The van der Waals surface area contributed by atoms with E-state index in [9.17, 15) is 9.59 Å². The molecule has 136 valence electrons. The monoisotopic (exact) mass is 371 g/mol. The number of amides is 2. The van der Waals surface area contributed by atoms with E-state index in [1.807, 2.05) is 12.3 Å². The van der Waals surface area contributed by atoms with Gasteiger partial charge in [-0.3, -0.25) is 9.59 Å². The Kier molecular flexibility index (Phi) is 6.14. The zero-order valence-corrected chi connectivity index (χ0v) is 15.3. The van der Waals surface area contributed by atoms with Crippen molar-refractivity contribution in [2.24, 2.45) is 0 Å². The average molecular weight is 371 g/mol. The van der Waals surface area contributed by atoms with Crippen LogP contribution in [0, 0.1) is 6.92 Å². The molecule has 0 aliphatic carbocycles. The maximum absolute atomic E-state index is 12.4. The molecule has 0 radical (unpaired) electrons. The minimum Gasteiger partial charge on any atom is -0.376 e. The van der Waals surface area contributed by atoms with Gasteiger partial charge in [0, 0.05) is 24.6 Å². The number of benzene rings is 1. The van der Waals surface area contributed by atoms with Crippen LogP contribution in [0.4, 0.5) is 5.69 Å². The van der Waals surface area contributed by atoms with Crippen molar-refractivity contribution in [1.29, 1.82) is 0 Å². The number of hydrogen-bond donors (Lipinski definition) is 2. The third-order valence-electron chi connectivity index (χ3n) is 3.99. The fourth-order valence-corrected chi connectivity index (χ4v) is 3.27. The minimum absolute atomic E-state index is 0.0743. The van der Waals surface area contributed by atoms with E-state index in [1.165, 1.54) is 17.4 Å². The molecular formula is C19H21N3O3S. The number of hydrogen-bond acceptors (Lipinski definition) is 5. The van der Waals surface area contributed by atoms with Crippen molar-refractivity contribution in [2.45, 2.75) is 25.9 Å². The van der Waals surface area contributed by atoms with E-state index < -0.39 is 0 Å². The number of aromatic nitrogens is 1. The normalized spacial score (nSPS) is 16.7. The standard InChI is InChI=1S/C19H21N3O3S/c1-13-21-14(12-26-13)8-9-18(23)22-17-7-3-2-6-16(17)19(24)20-11-15-5-4-10-25-15/h2-3,6-9,12,15H,4-5,10-11H2,1H3,(H,20,24)(H,22,23)/b9-8+. The number of ether oxygens (including phenoxy) is 1. The van der Waals surface area contributed by atoms with Gasteiger partial charge in [-0.25, -0.2) is 4.98 Å². The molecule has 1 atom stereocenters. The Labute approximate surface area is 156 Å². The highest BCUT2D eigenvalue weighted by Crippen LogP contribution is 2.16. The first-order valence-electron chi connectivity index (χ1n) is 8.52. The summed E-state index contributed by atoms with van der Waals surface area (Å²) in [6, 6.07) is 6.94. The maximum atomic E-state index is 12.4. The molecule has 6 nitrogen and oxygen atoms in total. The van der Waals surface area contributed by atoms with E-state index in [4.69, 9.17) is 4.74 Å². The lowest BCUT2D eigenvalue weighted by Gasteiger charge is -2.13. The molecular weight excluding hydrogens is 350 g/mol. The summed E-state index contributed by atoms with van der Waals surface area (Å²) in [6.07, 6.45) is 5.12. The summed E-state index contributed by atoms with van der Waals surface area (Å²) in [4.78, 5) is 28.9. The van der Waals surface area contributed by atoms with Crippen LogP contribution in [0.1, 0.15) is 33.9 Å². The van der Waals surface area contributed by atoms with Crippen molar-refractivity contribution in [3.05, 3.63) is 52.0 Å². The van der Waals surface area contributed by atoms with Gasteiger partial charge in [0.1, 0.15) is 0 Å². The number of anilines is 1. The van der Waals surface area contributed by atoms with Gasteiger partial charge in [-0.15, -0.1) is 11.3 Å². The number of carbonyl (C=O) groups excluding carboxylic acids is 2. The van der Waals surface area contributed by atoms with Gasteiger partial charge in [0.25, 0.3) is 5.91 Å². The van der Waals surface area contributed by atoms with Crippen LogP contribution in [-0.4, -0.2) is 36.1 Å². The Morgan fingerprint density at radius 1 is 1.38 bits per heavy atom. The number of nitrogens with one attached hydrogen (secondary N) is 2. The third-order valence-corrected chi connectivity index (χ3v) is 4.78. The van der Waals surface area contributed by atoms with E-state index in [0.717, 1.165) is 30.2 Å². The van der Waals surface area contributed by atoms with Crippen molar-refractivity contribution in [3.63, 3.8) is 0 Å². The predicted molar refractivity (Wildman–Crippen MR) is 102 cm³/mol. The van der Waals surface area contributed by atoms with Crippen LogP contribution in [0.3, 0.4) is 0 Å². The molecule has 1 aliphatic heterocycles. The molecule has 0 spiro atoms. The van der Waals surface area contributed by atoms with Gasteiger partial charge in [-0.2, -0.15) is 0 Å². The summed E-state index contributed by atoms with van der Waals surface area (Å²) >= 11 is 1.52. The molecule has 0 bridgehead atoms. The lowest BCUT2D eigenvalue weighted by molar-refractivity contribution is -0.111. The Bertz CT molecular complexity index is 810. The van der Waals surface area contributed by atoms with E-state index in [0.29, 0.717) is 17.8 Å². The predicted octanol–water partition coefficient (Wildman–Crippen LogP) is 3.01. The van der Waals surface area contributed by atoms with Crippen LogP contribution in [0.25, 0.3) is 6.08 Å². The fraction of sp³-hybridized carbons (Fsp3) is 0.316. The molecule has 2 aromatic rings. The molecule has 2 amide bonds. The van der Waals surface area contributed by atoms with Crippen LogP contribution in [0.5, 0.6) is 0 Å². The number of rotatable bonds is 6. The van der Waals surface area contributed by atoms with Crippen LogP contribution >= 0.6 is 11.3 Å². The van der Waals surface area contributed by atoms with Crippen molar-refractivity contribution < 1.29 is 14.3 Å². The van der Waals surface area contributed by atoms with Gasteiger partial charge >= 0.3 is 0 Å². The summed E-state index contributed by atoms with van der Waals surface area (Å²) in [5.41, 5.74) is 1.64. The zero-order valence-electron chi connectivity index (χ0n) is 14.5. The first-order chi connectivity index (χ1) is 12.6. The van der Waals surface area contributed by atoms with Crippen LogP contribution in [-0.2, 0) is 9.53 Å². The van der Waals surface area contributed by atoms with Gasteiger partial charge in [-0.1, -0.05) is 12.1 Å². The van der Waals surface area contributed by atoms with Crippen LogP contribution in [0.15, 0.2) is 35.7 Å². The van der Waals surface area contributed by atoms with Gasteiger partial charge in [0.05, 0.1) is 28.1 Å². The van der Waals surface area contributed by atoms with Gasteiger partial charge < -0.3 is 15.4 Å². The molecule has 2 N–H and O–H groups in total. The lowest BCUT2D eigenvalue weighted by atomic mass is 10.1. The molecule has 1 aromatic heterocycles. The number of carbonyl (C=O) groups is 2. The molecule has 7 heteroatoms. The van der Waals surface area contributed by atoms with Crippen molar-refractivity contribution >= 4 is 34.9 Å². The molecule has 1 unspecified atom stereocenters. The summed E-state index contributed by atoms with van der Waals surface area (Å²) < 4.78 is 5.51. The van der Waals surface area contributed by atoms with E-state index >= 15 is 0 Å². The molecule has 1 aromatic carbocycles. The highest BCUT2D eigenvalue weighted by atomic mass is 32.1. The molecule has 1 aliphatic rings. The molecule has 0 saturated carbocycles. The quantitative estimate of drug-likeness (QED) is 0.765. The first kappa shape index (κ1) is 18.3. The summed E-state index contributed by atoms with van der Waals surface area (Å²) in [5, 5.41) is 8.45. The topological polar surface area (TPSA) is 80.3 Å². The van der Waals surface area contributed by atoms with Crippen LogP contribution < -0.4 is 10.6 Å². The second-order valence-corrected chi connectivity index (χ2v) is 7.07. The first-order valence-corrected chi connectivity index (χ1v) is 9.40. The Morgan fingerprint density at radius 2 is 2.23 bits per heavy atom. The van der Waals surface area contributed by atoms with E-state index in [-0.39, 0.29) is 17.9 Å². The van der Waals surface area contributed by atoms with E-state index in [1.54, 1.807) is 30.3 Å². The number of aryl methyl sites for hydroxylation is 1. The fourth-order valence-electron chi connectivity index (χ4n) is 2.69.